The lowest BCUT2D eigenvalue weighted by Crippen LogP contribution is -2.51. The number of likely N-dealkylation sites (tertiary alicyclic amines) is 1. The number of halogens is 1. The highest BCUT2D eigenvalue weighted by Gasteiger charge is 2.38. The number of carbonyl (C=O) groups is 1. The van der Waals surface area contributed by atoms with Crippen molar-refractivity contribution >= 4 is 5.91 Å². The lowest BCUT2D eigenvalue weighted by Gasteiger charge is -2.31. The summed E-state index contributed by atoms with van der Waals surface area (Å²) in [6.45, 7) is 1.13. The summed E-state index contributed by atoms with van der Waals surface area (Å²) in [6, 6.07) is 1.65. The minimum atomic E-state index is -1.25. The predicted octanol–water partition coefficient (Wildman–Crippen LogP) is 1.20. The van der Waals surface area contributed by atoms with Gasteiger partial charge in [-0.1, -0.05) is 19.3 Å². The summed E-state index contributed by atoms with van der Waals surface area (Å²) < 4.78 is 13.8. The first-order valence-electron chi connectivity index (χ1n) is 8.71. The number of alkyl halides is 1. The third-order valence-corrected chi connectivity index (χ3v) is 5.04. The normalized spacial score (nSPS) is 27.1. The van der Waals surface area contributed by atoms with Crippen molar-refractivity contribution in [2.75, 3.05) is 13.1 Å². The van der Waals surface area contributed by atoms with Gasteiger partial charge in [0.25, 0.3) is 5.91 Å². The number of nitrogens with one attached hydrogen (secondary N) is 1. The zero-order valence-corrected chi connectivity index (χ0v) is 13.8. The second-order valence-corrected chi connectivity index (χ2v) is 6.88. The van der Waals surface area contributed by atoms with Gasteiger partial charge in [-0.05, 0) is 25.3 Å². The molecule has 3 rings (SSSR count). The first kappa shape index (κ1) is 17.2. The molecule has 1 aliphatic heterocycles. The van der Waals surface area contributed by atoms with Crippen molar-refractivity contribution in [2.45, 2.75) is 62.9 Å². The Kier molecular flexibility index (Phi) is 5.40. The maximum absolute atomic E-state index is 13.8. The number of amides is 1. The molecular formula is C17H25FN4O2. The third-order valence-electron chi connectivity index (χ3n) is 5.04. The first-order chi connectivity index (χ1) is 11.6. The van der Waals surface area contributed by atoms with E-state index in [4.69, 9.17) is 0 Å². The van der Waals surface area contributed by atoms with Crippen LogP contribution in [0.1, 0.15) is 44.3 Å². The van der Waals surface area contributed by atoms with Gasteiger partial charge in [-0.25, -0.2) is 14.4 Å². The third kappa shape index (κ3) is 4.08. The van der Waals surface area contributed by atoms with E-state index in [2.05, 4.69) is 15.3 Å². The van der Waals surface area contributed by atoms with Crippen LogP contribution in [0.3, 0.4) is 0 Å². The van der Waals surface area contributed by atoms with E-state index in [0.717, 1.165) is 19.3 Å². The standard InChI is InChI=1S/C17H25FN4O2/c18-13-9-14(22(11-13)12-15-19-7-4-8-20-15)10-21-16(23)17(24)5-2-1-3-6-17/h4,7-8,13-14,24H,1-3,5-6,9-12H2,(H,21,23)/t13-,14-/m0/s1. The Morgan fingerprint density at radius 1 is 1.33 bits per heavy atom. The molecule has 1 amide bonds. The highest BCUT2D eigenvalue weighted by atomic mass is 19.1. The highest BCUT2D eigenvalue weighted by Crippen LogP contribution is 2.28. The second-order valence-electron chi connectivity index (χ2n) is 6.88. The van der Waals surface area contributed by atoms with Gasteiger partial charge in [-0.15, -0.1) is 0 Å². The number of hydrogen-bond donors (Lipinski definition) is 2. The van der Waals surface area contributed by atoms with E-state index in [-0.39, 0.29) is 11.9 Å². The van der Waals surface area contributed by atoms with Crippen molar-refractivity contribution in [2.24, 2.45) is 0 Å². The fourth-order valence-electron chi connectivity index (χ4n) is 3.66. The van der Waals surface area contributed by atoms with E-state index >= 15 is 0 Å². The predicted molar refractivity (Wildman–Crippen MR) is 86.8 cm³/mol. The van der Waals surface area contributed by atoms with Crippen LogP contribution in [0, 0.1) is 0 Å². The Morgan fingerprint density at radius 2 is 2.04 bits per heavy atom. The van der Waals surface area contributed by atoms with Crippen LogP contribution in [-0.4, -0.2) is 56.8 Å². The lowest BCUT2D eigenvalue weighted by atomic mass is 9.84. The summed E-state index contributed by atoms with van der Waals surface area (Å²) in [5.41, 5.74) is -1.25. The smallest absolute Gasteiger partial charge is 0.252 e. The van der Waals surface area contributed by atoms with Gasteiger partial charge in [0.2, 0.25) is 0 Å². The topological polar surface area (TPSA) is 78.4 Å². The molecule has 1 saturated carbocycles. The summed E-state index contributed by atoms with van der Waals surface area (Å²) in [5.74, 6) is 0.328. The van der Waals surface area contributed by atoms with Crippen molar-refractivity contribution in [3.8, 4) is 0 Å². The number of aromatic nitrogens is 2. The highest BCUT2D eigenvalue weighted by molar-refractivity contribution is 5.84. The Hall–Kier alpha value is -1.60. The minimum Gasteiger partial charge on any atom is -0.380 e. The number of nitrogens with zero attached hydrogens (tertiary/aromatic N) is 3. The largest absolute Gasteiger partial charge is 0.380 e. The van der Waals surface area contributed by atoms with E-state index in [1.807, 2.05) is 4.90 Å². The quantitative estimate of drug-likeness (QED) is 0.845. The molecule has 0 bridgehead atoms. The molecule has 2 heterocycles. The maximum Gasteiger partial charge on any atom is 0.252 e. The van der Waals surface area contributed by atoms with Gasteiger partial charge in [-0.3, -0.25) is 9.69 Å². The molecule has 2 fully saturated rings. The lowest BCUT2D eigenvalue weighted by molar-refractivity contribution is -0.143. The number of aliphatic hydroxyl groups is 1. The van der Waals surface area contributed by atoms with Gasteiger partial charge in [0.1, 0.15) is 17.6 Å². The monoisotopic (exact) mass is 336 g/mol. The van der Waals surface area contributed by atoms with Crippen molar-refractivity contribution in [3.05, 3.63) is 24.3 Å². The van der Waals surface area contributed by atoms with Crippen LogP contribution in [0.2, 0.25) is 0 Å². The van der Waals surface area contributed by atoms with Gasteiger partial charge >= 0.3 is 0 Å². The van der Waals surface area contributed by atoms with Crippen LogP contribution in [-0.2, 0) is 11.3 Å². The van der Waals surface area contributed by atoms with E-state index in [1.54, 1.807) is 18.5 Å². The summed E-state index contributed by atoms with van der Waals surface area (Å²) >= 11 is 0. The van der Waals surface area contributed by atoms with Gasteiger partial charge in [0.15, 0.2) is 0 Å². The molecule has 1 aromatic rings. The molecular weight excluding hydrogens is 311 g/mol. The van der Waals surface area contributed by atoms with Crippen LogP contribution >= 0.6 is 0 Å². The van der Waals surface area contributed by atoms with Crippen molar-refractivity contribution in [1.82, 2.24) is 20.2 Å². The number of rotatable bonds is 5. The molecule has 7 heteroatoms. The zero-order valence-electron chi connectivity index (χ0n) is 13.8. The molecule has 0 unspecified atom stereocenters. The van der Waals surface area contributed by atoms with Gasteiger partial charge in [0, 0.05) is 31.5 Å². The summed E-state index contributed by atoms with van der Waals surface area (Å²) in [6.07, 6.45) is 6.63. The number of hydrogen-bond acceptors (Lipinski definition) is 5. The Morgan fingerprint density at radius 3 is 2.75 bits per heavy atom. The Labute approximate surface area is 141 Å². The Bertz CT molecular complexity index is 551. The molecule has 1 aliphatic carbocycles. The molecule has 2 atom stereocenters. The minimum absolute atomic E-state index is 0.0973. The van der Waals surface area contributed by atoms with Crippen LogP contribution < -0.4 is 5.32 Å². The summed E-state index contributed by atoms with van der Waals surface area (Å²) in [7, 11) is 0. The summed E-state index contributed by atoms with van der Waals surface area (Å²) in [4.78, 5) is 22.6. The Balaban J connectivity index is 1.55. The van der Waals surface area contributed by atoms with E-state index in [9.17, 15) is 14.3 Å². The van der Waals surface area contributed by atoms with Gasteiger partial charge in [-0.2, -0.15) is 0 Å². The molecule has 0 aromatic carbocycles. The average molecular weight is 336 g/mol. The second kappa shape index (κ2) is 7.53. The maximum atomic E-state index is 13.8. The molecule has 6 nitrogen and oxygen atoms in total. The molecule has 0 radical (unpaired) electrons. The van der Waals surface area contributed by atoms with Crippen LogP contribution in [0.5, 0.6) is 0 Å². The fourth-order valence-corrected chi connectivity index (χ4v) is 3.66. The van der Waals surface area contributed by atoms with Crippen molar-refractivity contribution in [3.63, 3.8) is 0 Å². The van der Waals surface area contributed by atoms with Crippen LogP contribution in [0.4, 0.5) is 4.39 Å². The first-order valence-corrected chi connectivity index (χ1v) is 8.71. The van der Waals surface area contributed by atoms with Gasteiger partial charge < -0.3 is 10.4 Å². The average Bonchev–Trinajstić information content (AvgIpc) is 2.93. The summed E-state index contributed by atoms with van der Waals surface area (Å²) in [5, 5.41) is 13.3. The molecule has 132 valence electrons. The van der Waals surface area contributed by atoms with Crippen LogP contribution in [0.15, 0.2) is 18.5 Å². The van der Waals surface area contributed by atoms with E-state index < -0.39 is 11.8 Å². The SMILES string of the molecule is O=C(NC[C@@H]1C[C@H](F)CN1Cc1ncccn1)C1(O)CCCCC1. The van der Waals surface area contributed by atoms with E-state index in [1.165, 1.54) is 0 Å². The number of carbonyl (C=O) groups excluding carboxylic acids is 1. The fraction of sp³-hybridized carbons (Fsp3) is 0.706. The van der Waals surface area contributed by atoms with Crippen LogP contribution in [0.25, 0.3) is 0 Å². The van der Waals surface area contributed by atoms with E-state index in [0.29, 0.717) is 44.7 Å². The van der Waals surface area contributed by atoms with Crippen molar-refractivity contribution in [1.29, 1.82) is 0 Å². The molecule has 24 heavy (non-hydrogen) atoms. The molecule has 0 spiro atoms. The zero-order chi connectivity index (χ0) is 17.0. The molecule has 1 aromatic heterocycles. The molecule has 2 N–H and O–H groups in total. The van der Waals surface area contributed by atoms with Gasteiger partial charge in [0.05, 0.1) is 6.54 Å². The molecule has 1 saturated heterocycles. The van der Waals surface area contributed by atoms with Crippen molar-refractivity contribution < 1.29 is 14.3 Å². The molecule has 2 aliphatic rings.